The lowest BCUT2D eigenvalue weighted by Crippen LogP contribution is -2.25. The first-order valence-electron chi connectivity index (χ1n) is 6.39. The van der Waals surface area contributed by atoms with E-state index in [2.05, 4.69) is 15.3 Å². The number of carboxylic acids is 1. The topological polar surface area (TPSA) is 95.3 Å². The maximum absolute atomic E-state index is 10.9. The molecular formula is C14H17N3O3. The van der Waals surface area contributed by atoms with E-state index in [4.69, 9.17) is 5.11 Å². The van der Waals surface area contributed by atoms with Crippen molar-refractivity contribution in [2.24, 2.45) is 5.92 Å². The number of fused-ring (bicyclic) bond motifs is 1. The van der Waals surface area contributed by atoms with Crippen molar-refractivity contribution in [1.29, 1.82) is 0 Å². The summed E-state index contributed by atoms with van der Waals surface area (Å²) in [5.74, 6) is -0.254. The molecule has 6 heteroatoms. The molecule has 0 amide bonds. The first-order chi connectivity index (χ1) is 9.49. The van der Waals surface area contributed by atoms with Gasteiger partial charge in [-0.25, -0.2) is 14.8 Å². The summed E-state index contributed by atoms with van der Waals surface area (Å²) in [5, 5.41) is 22.6. The number of hydrogen-bond donors (Lipinski definition) is 3. The zero-order valence-electron chi connectivity index (χ0n) is 11.4. The molecule has 1 unspecified atom stereocenters. The van der Waals surface area contributed by atoms with Gasteiger partial charge in [0.15, 0.2) is 0 Å². The Labute approximate surface area is 116 Å². The van der Waals surface area contributed by atoms with Crippen LogP contribution in [0.2, 0.25) is 0 Å². The van der Waals surface area contributed by atoms with Crippen LogP contribution in [0.4, 0.5) is 5.82 Å². The number of aromatic nitrogens is 2. The lowest BCUT2D eigenvalue weighted by atomic mass is 10.1. The van der Waals surface area contributed by atoms with E-state index in [9.17, 15) is 9.90 Å². The second-order valence-corrected chi connectivity index (χ2v) is 4.95. The minimum absolute atomic E-state index is 0.147. The van der Waals surface area contributed by atoms with E-state index < -0.39 is 12.1 Å². The maximum atomic E-state index is 10.9. The molecule has 106 valence electrons. The summed E-state index contributed by atoms with van der Waals surface area (Å²) in [5.41, 5.74) is 0.741. The zero-order chi connectivity index (χ0) is 14.7. The molecule has 0 saturated heterocycles. The van der Waals surface area contributed by atoms with Gasteiger partial charge in [0.25, 0.3) is 0 Å². The fourth-order valence-corrected chi connectivity index (χ4v) is 1.77. The Hall–Kier alpha value is -2.21. The van der Waals surface area contributed by atoms with Crippen LogP contribution < -0.4 is 5.32 Å². The molecule has 0 spiro atoms. The number of anilines is 1. The van der Waals surface area contributed by atoms with Crippen LogP contribution in [0.1, 0.15) is 24.2 Å². The average Bonchev–Trinajstić information content (AvgIpc) is 2.43. The van der Waals surface area contributed by atoms with Gasteiger partial charge in [-0.2, -0.15) is 0 Å². The summed E-state index contributed by atoms with van der Waals surface area (Å²) >= 11 is 0. The maximum Gasteiger partial charge on any atom is 0.335 e. The number of aliphatic hydroxyl groups is 1. The second-order valence-electron chi connectivity index (χ2n) is 4.95. The molecule has 0 radical (unpaired) electrons. The monoisotopic (exact) mass is 275 g/mol. The normalized spacial score (nSPS) is 12.6. The van der Waals surface area contributed by atoms with Crippen LogP contribution >= 0.6 is 0 Å². The van der Waals surface area contributed by atoms with Crippen LogP contribution in [0.25, 0.3) is 10.9 Å². The van der Waals surface area contributed by atoms with Crippen LogP contribution in [0.5, 0.6) is 0 Å². The highest BCUT2D eigenvalue weighted by atomic mass is 16.4. The Morgan fingerprint density at radius 1 is 1.35 bits per heavy atom. The molecule has 0 bridgehead atoms. The molecule has 3 N–H and O–H groups in total. The minimum atomic E-state index is -0.991. The van der Waals surface area contributed by atoms with Gasteiger partial charge in [0, 0.05) is 11.9 Å². The van der Waals surface area contributed by atoms with E-state index in [-0.39, 0.29) is 11.5 Å². The SMILES string of the molecule is CC(C)C(O)CNc1ncnc2cc(C(=O)O)ccc12. The fraction of sp³-hybridized carbons (Fsp3) is 0.357. The van der Waals surface area contributed by atoms with E-state index in [1.165, 1.54) is 18.5 Å². The van der Waals surface area contributed by atoms with Gasteiger partial charge in [-0.05, 0) is 24.1 Å². The van der Waals surface area contributed by atoms with Crippen molar-refractivity contribution in [1.82, 2.24) is 9.97 Å². The van der Waals surface area contributed by atoms with Crippen molar-refractivity contribution in [2.75, 3.05) is 11.9 Å². The van der Waals surface area contributed by atoms with Crippen molar-refractivity contribution in [3.8, 4) is 0 Å². The number of carboxylic acid groups (broad SMARTS) is 1. The molecule has 6 nitrogen and oxygen atoms in total. The predicted molar refractivity (Wildman–Crippen MR) is 75.8 cm³/mol. The van der Waals surface area contributed by atoms with Crippen molar-refractivity contribution in [3.05, 3.63) is 30.1 Å². The highest BCUT2D eigenvalue weighted by Gasteiger charge is 2.11. The molecule has 1 heterocycles. The summed E-state index contributed by atoms with van der Waals surface area (Å²) in [6.07, 6.45) is 0.899. The molecule has 1 atom stereocenters. The largest absolute Gasteiger partial charge is 0.478 e. The number of nitrogens with one attached hydrogen (secondary N) is 1. The first kappa shape index (κ1) is 14.2. The Morgan fingerprint density at radius 2 is 2.10 bits per heavy atom. The number of carbonyl (C=O) groups is 1. The molecule has 2 aromatic rings. The third kappa shape index (κ3) is 3.03. The molecule has 20 heavy (non-hydrogen) atoms. The zero-order valence-corrected chi connectivity index (χ0v) is 11.4. The standard InChI is InChI=1S/C14H17N3O3/c1-8(2)12(18)6-15-13-10-4-3-9(14(19)20)5-11(10)16-7-17-13/h3-5,7-8,12,18H,6H2,1-2H3,(H,19,20)(H,15,16,17). The van der Waals surface area contributed by atoms with E-state index in [1.54, 1.807) is 6.07 Å². The number of nitrogens with zero attached hydrogens (tertiary/aromatic N) is 2. The van der Waals surface area contributed by atoms with Crippen LogP contribution in [0.3, 0.4) is 0 Å². The molecule has 0 fully saturated rings. The van der Waals surface area contributed by atoms with E-state index in [0.717, 1.165) is 5.39 Å². The molecule has 0 saturated carbocycles. The Bertz CT molecular complexity index is 628. The fourth-order valence-electron chi connectivity index (χ4n) is 1.77. The lowest BCUT2D eigenvalue weighted by Gasteiger charge is -2.16. The van der Waals surface area contributed by atoms with Gasteiger partial charge in [-0.15, -0.1) is 0 Å². The molecule has 0 aliphatic heterocycles. The van der Waals surface area contributed by atoms with Crippen LogP contribution in [0, 0.1) is 5.92 Å². The lowest BCUT2D eigenvalue weighted by molar-refractivity contribution is 0.0697. The third-order valence-electron chi connectivity index (χ3n) is 3.13. The second kappa shape index (κ2) is 5.83. The summed E-state index contributed by atoms with van der Waals surface area (Å²) in [6.45, 7) is 4.25. The first-order valence-corrected chi connectivity index (χ1v) is 6.39. The van der Waals surface area contributed by atoms with Gasteiger partial charge < -0.3 is 15.5 Å². The molecule has 0 aliphatic carbocycles. The minimum Gasteiger partial charge on any atom is -0.478 e. The summed E-state index contributed by atoms with van der Waals surface area (Å²) < 4.78 is 0. The third-order valence-corrected chi connectivity index (χ3v) is 3.13. The highest BCUT2D eigenvalue weighted by molar-refractivity contribution is 5.96. The molecule has 0 aliphatic rings. The van der Waals surface area contributed by atoms with E-state index >= 15 is 0 Å². The van der Waals surface area contributed by atoms with Crippen molar-refractivity contribution in [2.45, 2.75) is 20.0 Å². The van der Waals surface area contributed by atoms with Crippen molar-refractivity contribution >= 4 is 22.7 Å². The molecule has 2 rings (SSSR count). The van der Waals surface area contributed by atoms with E-state index in [1.807, 2.05) is 13.8 Å². The highest BCUT2D eigenvalue weighted by Crippen LogP contribution is 2.20. The Morgan fingerprint density at radius 3 is 2.75 bits per heavy atom. The number of aliphatic hydroxyl groups excluding tert-OH is 1. The molecule has 1 aromatic carbocycles. The van der Waals surface area contributed by atoms with Crippen molar-refractivity contribution in [3.63, 3.8) is 0 Å². The summed E-state index contributed by atoms with van der Waals surface area (Å²) in [6, 6.07) is 4.68. The van der Waals surface area contributed by atoms with Gasteiger partial charge in [0.05, 0.1) is 17.2 Å². The smallest absolute Gasteiger partial charge is 0.335 e. The van der Waals surface area contributed by atoms with Crippen LogP contribution in [-0.4, -0.2) is 38.8 Å². The Balaban J connectivity index is 2.28. The summed E-state index contributed by atoms with van der Waals surface area (Å²) in [4.78, 5) is 19.1. The van der Waals surface area contributed by atoms with Crippen LogP contribution in [0.15, 0.2) is 24.5 Å². The predicted octanol–water partition coefficient (Wildman–Crippen LogP) is 1.76. The molecule has 1 aromatic heterocycles. The summed E-state index contributed by atoms with van der Waals surface area (Å²) in [7, 11) is 0. The van der Waals surface area contributed by atoms with Gasteiger partial charge in [-0.3, -0.25) is 0 Å². The van der Waals surface area contributed by atoms with Gasteiger partial charge >= 0.3 is 5.97 Å². The number of benzene rings is 1. The van der Waals surface area contributed by atoms with Gasteiger partial charge in [-0.1, -0.05) is 13.8 Å². The Kier molecular flexibility index (Phi) is 4.14. The van der Waals surface area contributed by atoms with E-state index in [0.29, 0.717) is 17.9 Å². The van der Waals surface area contributed by atoms with Gasteiger partial charge in [0.1, 0.15) is 12.1 Å². The van der Waals surface area contributed by atoms with Gasteiger partial charge in [0.2, 0.25) is 0 Å². The van der Waals surface area contributed by atoms with Crippen molar-refractivity contribution < 1.29 is 15.0 Å². The number of rotatable bonds is 5. The van der Waals surface area contributed by atoms with Crippen LogP contribution in [-0.2, 0) is 0 Å². The average molecular weight is 275 g/mol. The number of hydrogen-bond acceptors (Lipinski definition) is 5. The molecular weight excluding hydrogens is 258 g/mol. The quantitative estimate of drug-likeness (QED) is 0.769. The number of aromatic carboxylic acids is 1.